The third-order valence-corrected chi connectivity index (χ3v) is 6.01. The molecule has 6 nitrogen and oxygen atoms in total. The monoisotopic (exact) mass is 409 g/mol. The Morgan fingerprint density at radius 2 is 1.86 bits per heavy atom. The van der Waals surface area contributed by atoms with E-state index in [1.165, 1.54) is 11.0 Å². The molecule has 7 heteroatoms. The van der Waals surface area contributed by atoms with Crippen LogP contribution in [0.15, 0.2) is 71.9 Å². The summed E-state index contributed by atoms with van der Waals surface area (Å²) in [7, 11) is -2.16. The predicted molar refractivity (Wildman–Crippen MR) is 113 cm³/mol. The van der Waals surface area contributed by atoms with E-state index in [9.17, 15) is 13.2 Å². The van der Waals surface area contributed by atoms with E-state index in [1.807, 2.05) is 19.1 Å². The molecule has 0 unspecified atom stereocenters. The first-order valence-corrected chi connectivity index (χ1v) is 10.6. The largest absolute Gasteiger partial charge is 0.337 e. The Morgan fingerprint density at radius 3 is 2.55 bits per heavy atom. The second-order valence-electron chi connectivity index (χ2n) is 6.98. The van der Waals surface area contributed by atoms with E-state index in [2.05, 4.69) is 9.71 Å². The number of anilines is 1. The molecule has 0 saturated heterocycles. The Hall–Kier alpha value is -3.19. The fourth-order valence-corrected chi connectivity index (χ4v) is 4.32. The van der Waals surface area contributed by atoms with Gasteiger partial charge in [-0.1, -0.05) is 24.3 Å². The maximum atomic E-state index is 12.9. The van der Waals surface area contributed by atoms with Gasteiger partial charge in [0.2, 0.25) is 0 Å². The van der Waals surface area contributed by atoms with Crippen molar-refractivity contribution in [3.63, 3.8) is 0 Å². The van der Waals surface area contributed by atoms with Crippen molar-refractivity contribution in [2.24, 2.45) is 0 Å². The molecule has 3 rings (SSSR count). The van der Waals surface area contributed by atoms with Gasteiger partial charge in [-0.05, 0) is 60.9 Å². The van der Waals surface area contributed by atoms with Gasteiger partial charge in [-0.2, -0.15) is 0 Å². The standard InChI is InChI=1S/C22H23N3O3S/c1-16-6-4-8-20(12-16)24-29(27,28)21-13-19(10-9-17(21)2)22(26)25(3)15-18-7-5-11-23-14-18/h4-14,24H,15H2,1-3H3. The Morgan fingerprint density at radius 1 is 1.07 bits per heavy atom. The number of sulfonamides is 1. The van der Waals surface area contributed by atoms with Crippen LogP contribution in [-0.4, -0.2) is 31.3 Å². The van der Waals surface area contributed by atoms with E-state index in [0.717, 1.165) is 11.1 Å². The minimum Gasteiger partial charge on any atom is -0.337 e. The van der Waals surface area contributed by atoms with Crippen LogP contribution in [0.3, 0.4) is 0 Å². The second kappa shape index (κ2) is 8.45. The Kier molecular flexibility index (Phi) is 5.98. The van der Waals surface area contributed by atoms with Crippen molar-refractivity contribution in [2.75, 3.05) is 11.8 Å². The molecule has 0 atom stereocenters. The highest BCUT2D eigenvalue weighted by Gasteiger charge is 2.21. The first kappa shape index (κ1) is 20.5. The lowest BCUT2D eigenvalue weighted by Crippen LogP contribution is -2.26. The summed E-state index contributed by atoms with van der Waals surface area (Å²) in [5.74, 6) is -0.263. The van der Waals surface area contributed by atoms with Gasteiger partial charge >= 0.3 is 0 Å². The minimum absolute atomic E-state index is 0.0830. The topological polar surface area (TPSA) is 79.4 Å². The number of aryl methyl sites for hydroxylation is 2. The number of nitrogens with one attached hydrogen (secondary N) is 1. The third-order valence-electron chi connectivity index (χ3n) is 4.48. The van der Waals surface area contributed by atoms with Crippen molar-refractivity contribution < 1.29 is 13.2 Å². The summed E-state index contributed by atoms with van der Waals surface area (Å²) < 4.78 is 28.4. The first-order chi connectivity index (χ1) is 13.8. The molecule has 1 heterocycles. The lowest BCUT2D eigenvalue weighted by Gasteiger charge is -2.18. The number of carbonyl (C=O) groups is 1. The maximum Gasteiger partial charge on any atom is 0.262 e. The van der Waals surface area contributed by atoms with Crippen molar-refractivity contribution >= 4 is 21.6 Å². The molecule has 1 aromatic heterocycles. The number of pyridine rings is 1. The van der Waals surface area contributed by atoms with E-state index in [4.69, 9.17) is 0 Å². The lowest BCUT2D eigenvalue weighted by molar-refractivity contribution is 0.0784. The van der Waals surface area contributed by atoms with Crippen LogP contribution in [0, 0.1) is 13.8 Å². The summed E-state index contributed by atoms with van der Waals surface area (Å²) in [4.78, 5) is 18.5. The molecule has 0 aliphatic rings. The SMILES string of the molecule is Cc1cccc(NS(=O)(=O)c2cc(C(=O)N(C)Cc3cccnc3)ccc2C)c1. The number of hydrogen-bond acceptors (Lipinski definition) is 4. The van der Waals surface area contributed by atoms with Crippen LogP contribution >= 0.6 is 0 Å². The predicted octanol–water partition coefficient (Wildman–Crippen LogP) is 3.77. The zero-order valence-corrected chi connectivity index (χ0v) is 17.4. The number of nitrogens with zero attached hydrogens (tertiary/aromatic N) is 2. The molecule has 0 aliphatic carbocycles. The highest BCUT2D eigenvalue weighted by Crippen LogP contribution is 2.22. The molecule has 1 amide bonds. The quantitative estimate of drug-likeness (QED) is 0.672. The molecule has 0 bridgehead atoms. The van der Waals surface area contributed by atoms with E-state index in [1.54, 1.807) is 62.8 Å². The number of carbonyl (C=O) groups excluding carboxylic acids is 1. The summed E-state index contributed by atoms with van der Waals surface area (Å²) in [6, 6.07) is 15.5. The van der Waals surface area contributed by atoms with Gasteiger partial charge in [0.15, 0.2) is 0 Å². The molecule has 29 heavy (non-hydrogen) atoms. The summed E-state index contributed by atoms with van der Waals surface area (Å²) >= 11 is 0. The average Bonchev–Trinajstić information content (AvgIpc) is 2.68. The van der Waals surface area contributed by atoms with Crippen molar-refractivity contribution in [3.05, 3.63) is 89.2 Å². The summed E-state index contributed by atoms with van der Waals surface area (Å²) in [6.45, 7) is 3.98. The zero-order valence-electron chi connectivity index (χ0n) is 16.6. The number of rotatable bonds is 6. The van der Waals surface area contributed by atoms with Crippen molar-refractivity contribution in [1.82, 2.24) is 9.88 Å². The molecule has 2 aromatic carbocycles. The number of hydrogen-bond donors (Lipinski definition) is 1. The van der Waals surface area contributed by atoms with Crippen LogP contribution in [0.25, 0.3) is 0 Å². The molecule has 3 aromatic rings. The molecular formula is C22H23N3O3S. The molecule has 0 saturated carbocycles. The lowest BCUT2D eigenvalue weighted by atomic mass is 10.1. The number of benzene rings is 2. The molecule has 0 radical (unpaired) electrons. The van der Waals surface area contributed by atoms with Crippen LogP contribution < -0.4 is 4.72 Å². The van der Waals surface area contributed by atoms with Crippen LogP contribution in [0.2, 0.25) is 0 Å². The third kappa shape index (κ3) is 5.00. The average molecular weight is 410 g/mol. The van der Waals surface area contributed by atoms with Crippen LogP contribution in [-0.2, 0) is 16.6 Å². The van der Waals surface area contributed by atoms with Crippen LogP contribution in [0.5, 0.6) is 0 Å². The second-order valence-corrected chi connectivity index (χ2v) is 8.63. The van der Waals surface area contributed by atoms with Crippen molar-refractivity contribution in [2.45, 2.75) is 25.3 Å². The molecule has 1 N–H and O–H groups in total. The highest BCUT2D eigenvalue weighted by molar-refractivity contribution is 7.92. The molecule has 0 spiro atoms. The molecular weight excluding hydrogens is 386 g/mol. The summed E-state index contributed by atoms with van der Waals surface area (Å²) in [5, 5.41) is 0. The van der Waals surface area contributed by atoms with Gasteiger partial charge < -0.3 is 4.90 Å². The van der Waals surface area contributed by atoms with Crippen LogP contribution in [0.4, 0.5) is 5.69 Å². The Bertz CT molecular complexity index is 1130. The molecule has 0 fully saturated rings. The fourth-order valence-electron chi connectivity index (χ4n) is 3.00. The Labute approximate surface area is 171 Å². The Balaban J connectivity index is 1.86. The van der Waals surface area contributed by atoms with E-state index >= 15 is 0 Å². The highest BCUT2D eigenvalue weighted by atomic mass is 32.2. The van der Waals surface area contributed by atoms with Gasteiger partial charge in [0.25, 0.3) is 15.9 Å². The molecule has 0 aliphatic heterocycles. The smallest absolute Gasteiger partial charge is 0.262 e. The molecule has 150 valence electrons. The van der Waals surface area contributed by atoms with Gasteiger partial charge in [-0.15, -0.1) is 0 Å². The first-order valence-electron chi connectivity index (χ1n) is 9.11. The van der Waals surface area contributed by atoms with Gasteiger partial charge in [-0.25, -0.2) is 8.42 Å². The van der Waals surface area contributed by atoms with Gasteiger partial charge in [-0.3, -0.25) is 14.5 Å². The number of amides is 1. The fraction of sp³-hybridized carbons (Fsp3) is 0.182. The van der Waals surface area contributed by atoms with E-state index < -0.39 is 10.0 Å². The van der Waals surface area contributed by atoms with Crippen molar-refractivity contribution in [1.29, 1.82) is 0 Å². The maximum absolute atomic E-state index is 12.9. The zero-order chi connectivity index (χ0) is 21.0. The van der Waals surface area contributed by atoms with E-state index in [0.29, 0.717) is 23.4 Å². The number of aromatic nitrogens is 1. The van der Waals surface area contributed by atoms with Gasteiger partial charge in [0.05, 0.1) is 4.90 Å². The van der Waals surface area contributed by atoms with Crippen molar-refractivity contribution in [3.8, 4) is 0 Å². The normalized spacial score (nSPS) is 11.1. The van der Waals surface area contributed by atoms with Crippen LogP contribution in [0.1, 0.15) is 27.0 Å². The van der Waals surface area contributed by atoms with Gasteiger partial charge in [0.1, 0.15) is 0 Å². The summed E-state index contributed by atoms with van der Waals surface area (Å²) in [6.07, 6.45) is 3.37. The summed E-state index contributed by atoms with van der Waals surface area (Å²) in [5.41, 5.74) is 3.20. The minimum atomic E-state index is -3.83. The van der Waals surface area contributed by atoms with E-state index in [-0.39, 0.29) is 10.8 Å². The van der Waals surface area contributed by atoms with Gasteiger partial charge in [0, 0.05) is 37.2 Å².